The number of hydrogen-bond donors (Lipinski definition) is 4. The molecule has 0 aliphatic heterocycles. The van der Waals surface area contributed by atoms with Gasteiger partial charge in [-0.15, -0.1) is 0 Å². The monoisotopic (exact) mass is 431 g/mol. The first-order chi connectivity index (χ1) is 15.5. The van der Waals surface area contributed by atoms with E-state index in [9.17, 15) is 14.7 Å². The molecule has 1 heterocycles. The molecule has 1 aliphatic carbocycles. The second-order valence-electron chi connectivity index (χ2n) is 7.87. The number of nitrogens with one attached hydrogen (secondary N) is 2. The number of aliphatic hydroxyl groups excluding tert-OH is 1. The molecule has 0 spiro atoms. The van der Waals surface area contributed by atoms with Gasteiger partial charge in [-0.3, -0.25) is 9.59 Å². The molecule has 1 fully saturated rings. The number of anilines is 2. The Morgan fingerprint density at radius 2 is 1.72 bits per heavy atom. The molecule has 3 aromatic rings. The number of aromatic nitrogens is 2. The van der Waals surface area contributed by atoms with Crippen molar-refractivity contribution in [3.63, 3.8) is 0 Å². The number of para-hydroxylation sites is 1. The van der Waals surface area contributed by atoms with Crippen molar-refractivity contribution >= 4 is 23.3 Å². The van der Waals surface area contributed by atoms with Gasteiger partial charge in [0, 0.05) is 22.9 Å². The highest BCUT2D eigenvalue weighted by Gasteiger charge is 2.21. The largest absolute Gasteiger partial charge is 0.393 e. The second kappa shape index (κ2) is 9.57. The Balaban J connectivity index is 1.52. The molecule has 8 heteroatoms. The lowest BCUT2D eigenvalue weighted by Gasteiger charge is -2.26. The van der Waals surface area contributed by atoms with E-state index in [1.165, 1.54) is 6.20 Å². The normalized spacial score (nSPS) is 18.0. The molecule has 1 aromatic heterocycles. The average Bonchev–Trinajstić information content (AvgIpc) is 2.81. The van der Waals surface area contributed by atoms with Crippen molar-refractivity contribution in [2.24, 2.45) is 0 Å². The van der Waals surface area contributed by atoms with E-state index in [1.54, 1.807) is 36.4 Å². The summed E-state index contributed by atoms with van der Waals surface area (Å²) in [4.78, 5) is 33.9. The Morgan fingerprint density at radius 3 is 2.47 bits per heavy atom. The van der Waals surface area contributed by atoms with Crippen LogP contribution in [-0.2, 0) is 0 Å². The van der Waals surface area contributed by atoms with Crippen LogP contribution in [0.15, 0.2) is 60.8 Å². The number of nitrogen functional groups attached to an aromatic ring is 1. The second-order valence-corrected chi connectivity index (χ2v) is 7.87. The molecule has 0 bridgehead atoms. The third kappa shape index (κ3) is 5.09. The summed E-state index contributed by atoms with van der Waals surface area (Å²) in [5.74, 6) is -0.620. The van der Waals surface area contributed by atoms with Crippen molar-refractivity contribution in [2.45, 2.75) is 37.8 Å². The van der Waals surface area contributed by atoms with Gasteiger partial charge in [-0.25, -0.2) is 9.97 Å². The predicted molar refractivity (Wildman–Crippen MR) is 122 cm³/mol. The summed E-state index contributed by atoms with van der Waals surface area (Å²) < 4.78 is 0. The van der Waals surface area contributed by atoms with E-state index in [0.717, 1.165) is 12.8 Å². The number of hydrogen-bond acceptors (Lipinski definition) is 6. The van der Waals surface area contributed by atoms with E-state index in [-0.39, 0.29) is 29.6 Å². The molecule has 2 amide bonds. The molecular formula is C24H25N5O3. The minimum absolute atomic E-state index is 0.0157. The van der Waals surface area contributed by atoms with Gasteiger partial charge in [0.05, 0.1) is 18.0 Å². The van der Waals surface area contributed by atoms with Gasteiger partial charge >= 0.3 is 0 Å². The minimum atomic E-state index is -0.462. The summed E-state index contributed by atoms with van der Waals surface area (Å²) in [6.07, 6.45) is 4.11. The standard InChI is InChI=1S/C24H25N5O3/c25-22-21(24(32)28-17-7-2-1-3-8-17)29-20(14-26-22)15-5-4-6-16(13-15)23(31)27-18-9-11-19(30)12-10-18/h1-8,13-14,18-19,30H,9-12H2,(H2,25,26)(H,27,31)(H,28,32). The van der Waals surface area contributed by atoms with E-state index >= 15 is 0 Å². The third-order valence-corrected chi connectivity index (χ3v) is 5.50. The molecule has 4 rings (SSSR count). The fourth-order valence-electron chi connectivity index (χ4n) is 3.73. The molecule has 0 unspecified atom stereocenters. The topological polar surface area (TPSA) is 130 Å². The molecule has 5 N–H and O–H groups in total. The van der Waals surface area contributed by atoms with Crippen LogP contribution in [0.25, 0.3) is 11.3 Å². The predicted octanol–water partition coefficient (Wildman–Crippen LogP) is 3.01. The Kier molecular flexibility index (Phi) is 6.42. The van der Waals surface area contributed by atoms with Crippen LogP contribution in [0.2, 0.25) is 0 Å². The van der Waals surface area contributed by atoms with E-state index in [2.05, 4.69) is 20.6 Å². The van der Waals surface area contributed by atoms with Gasteiger partial charge in [-0.2, -0.15) is 0 Å². The average molecular weight is 431 g/mol. The molecule has 0 atom stereocenters. The fourth-order valence-corrected chi connectivity index (χ4v) is 3.73. The Morgan fingerprint density at radius 1 is 0.969 bits per heavy atom. The number of nitrogens with two attached hydrogens (primary N) is 1. The van der Waals surface area contributed by atoms with Crippen LogP contribution in [0.5, 0.6) is 0 Å². The maximum absolute atomic E-state index is 12.7. The van der Waals surface area contributed by atoms with E-state index in [1.807, 2.05) is 18.2 Å². The molecule has 2 aromatic carbocycles. The van der Waals surface area contributed by atoms with E-state index < -0.39 is 5.91 Å². The number of carbonyl (C=O) groups excluding carboxylic acids is 2. The van der Waals surface area contributed by atoms with E-state index in [4.69, 9.17) is 5.73 Å². The van der Waals surface area contributed by atoms with Gasteiger partial charge in [-0.1, -0.05) is 30.3 Å². The highest BCUT2D eigenvalue weighted by molar-refractivity contribution is 6.06. The summed E-state index contributed by atoms with van der Waals surface area (Å²) in [7, 11) is 0. The molecule has 1 aliphatic rings. The molecule has 8 nitrogen and oxygen atoms in total. The molecule has 32 heavy (non-hydrogen) atoms. The lowest BCUT2D eigenvalue weighted by molar-refractivity contribution is 0.0867. The number of carbonyl (C=O) groups is 2. The lowest BCUT2D eigenvalue weighted by Crippen LogP contribution is -2.38. The van der Waals surface area contributed by atoms with Crippen molar-refractivity contribution in [3.05, 3.63) is 72.1 Å². The highest BCUT2D eigenvalue weighted by atomic mass is 16.3. The van der Waals surface area contributed by atoms with Crippen LogP contribution in [0.4, 0.5) is 11.5 Å². The minimum Gasteiger partial charge on any atom is -0.393 e. The molecule has 0 radical (unpaired) electrons. The summed E-state index contributed by atoms with van der Waals surface area (Å²) in [5, 5.41) is 15.4. The van der Waals surface area contributed by atoms with Gasteiger partial charge in [0.1, 0.15) is 0 Å². The van der Waals surface area contributed by atoms with Crippen LogP contribution in [0.1, 0.15) is 46.5 Å². The zero-order valence-corrected chi connectivity index (χ0v) is 17.5. The zero-order valence-electron chi connectivity index (χ0n) is 17.5. The first-order valence-electron chi connectivity index (χ1n) is 10.6. The SMILES string of the molecule is Nc1ncc(-c2cccc(C(=O)NC3CCC(O)CC3)c2)nc1C(=O)Nc1ccccc1. The van der Waals surface area contributed by atoms with Crippen molar-refractivity contribution in [2.75, 3.05) is 11.1 Å². The third-order valence-electron chi connectivity index (χ3n) is 5.50. The smallest absolute Gasteiger partial charge is 0.278 e. The summed E-state index contributed by atoms with van der Waals surface area (Å²) >= 11 is 0. The first-order valence-corrected chi connectivity index (χ1v) is 10.6. The Hall–Kier alpha value is -3.78. The van der Waals surface area contributed by atoms with Crippen molar-refractivity contribution in [1.82, 2.24) is 15.3 Å². The lowest BCUT2D eigenvalue weighted by atomic mass is 9.93. The van der Waals surface area contributed by atoms with Crippen molar-refractivity contribution < 1.29 is 14.7 Å². The summed E-state index contributed by atoms with van der Waals surface area (Å²) in [6, 6.07) is 16.1. The maximum Gasteiger partial charge on any atom is 0.278 e. The summed E-state index contributed by atoms with van der Waals surface area (Å²) in [5.41, 5.74) is 8.11. The van der Waals surface area contributed by atoms with Gasteiger partial charge in [0.2, 0.25) is 0 Å². The molecule has 164 valence electrons. The van der Waals surface area contributed by atoms with Crippen molar-refractivity contribution in [3.8, 4) is 11.3 Å². The molecule has 0 saturated heterocycles. The van der Waals surface area contributed by atoms with Gasteiger partial charge in [-0.05, 0) is 49.9 Å². The zero-order chi connectivity index (χ0) is 22.5. The number of nitrogens with zero attached hydrogens (tertiary/aromatic N) is 2. The fraction of sp³-hybridized carbons (Fsp3) is 0.250. The molecule has 1 saturated carbocycles. The quantitative estimate of drug-likeness (QED) is 0.491. The van der Waals surface area contributed by atoms with Gasteiger partial charge < -0.3 is 21.5 Å². The van der Waals surface area contributed by atoms with Crippen LogP contribution in [-0.4, -0.2) is 39.0 Å². The van der Waals surface area contributed by atoms with Crippen LogP contribution in [0, 0.1) is 0 Å². The van der Waals surface area contributed by atoms with E-state index in [0.29, 0.717) is 35.3 Å². The van der Waals surface area contributed by atoms with Crippen LogP contribution >= 0.6 is 0 Å². The number of aliphatic hydroxyl groups is 1. The first kappa shape index (κ1) is 21.5. The number of benzene rings is 2. The van der Waals surface area contributed by atoms with Crippen LogP contribution in [0.3, 0.4) is 0 Å². The Labute approximate surface area is 185 Å². The van der Waals surface area contributed by atoms with Gasteiger partial charge in [0.25, 0.3) is 11.8 Å². The van der Waals surface area contributed by atoms with Gasteiger partial charge in [0.15, 0.2) is 11.5 Å². The number of amides is 2. The number of rotatable bonds is 5. The highest BCUT2D eigenvalue weighted by Crippen LogP contribution is 2.22. The Bertz CT molecular complexity index is 1110. The van der Waals surface area contributed by atoms with Crippen LogP contribution < -0.4 is 16.4 Å². The van der Waals surface area contributed by atoms with Crippen molar-refractivity contribution in [1.29, 1.82) is 0 Å². The molecular weight excluding hydrogens is 406 g/mol. The maximum atomic E-state index is 12.7. The summed E-state index contributed by atoms with van der Waals surface area (Å²) in [6.45, 7) is 0.